The molecular formula is C19H23N3O2. The number of aromatic nitrogens is 1. The highest BCUT2D eigenvalue weighted by Crippen LogP contribution is 2.26. The van der Waals surface area contributed by atoms with Crippen LogP contribution in [0.5, 0.6) is 5.75 Å². The van der Waals surface area contributed by atoms with E-state index in [9.17, 15) is 4.79 Å². The van der Waals surface area contributed by atoms with Crippen molar-refractivity contribution in [2.45, 2.75) is 32.9 Å². The van der Waals surface area contributed by atoms with Gasteiger partial charge in [-0.3, -0.25) is 9.78 Å². The number of carbonyl (C=O) groups is 1. The molecule has 3 rings (SSSR count). The molecule has 1 fully saturated rings. The van der Waals surface area contributed by atoms with Crippen molar-refractivity contribution in [3.8, 4) is 5.75 Å². The van der Waals surface area contributed by atoms with Crippen LogP contribution in [0.2, 0.25) is 0 Å². The number of carbonyl (C=O) groups excluding carboxylic acids is 1. The van der Waals surface area contributed by atoms with Crippen LogP contribution in [0.3, 0.4) is 0 Å². The van der Waals surface area contributed by atoms with E-state index in [1.54, 1.807) is 12.4 Å². The van der Waals surface area contributed by atoms with Crippen LogP contribution in [0, 0.1) is 13.8 Å². The van der Waals surface area contributed by atoms with Crippen LogP contribution in [0.25, 0.3) is 0 Å². The van der Waals surface area contributed by atoms with Crippen molar-refractivity contribution in [1.29, 1.82) is 0 Å². The molecule has 0 aliphatic carbocycles. The fourth-order valence-electron chi connectivity index (χ4n) is 2.99. The predicted octanol–water partition coefficient (Wildman–Crippen LogP) is 2.37. The zero-order chi connectivity index (χ0) is 16.9. The van der Waals surface area contributed by atoms with Crippen molar-refractivity contribution in [3.63, 3.8) is 0 Å². The van der Waals surface area contributed by atoms with Gasteiger partial charge in [-0.05, 0) is 56.1 Å². The topological polar surface area (TPSA) is 63.2 Å². The minimum Gasteiger partial charge on any atom is -0.488 e. The van der Waals surface area contributed by atoms with E-state index < -0.39 is 0 Å². The SMILES string of the molecule is Cc1cc(C(=O)NC2CCNC2)cc(C)c1OCc1cccnc1. The first-order chi connectivity index (χ1) is 11.6. The number of benzene rings is 1. The Hall–Kier alpha value is -2.40. The summed E-state index contributed by atoms with van der Waals surface area (Å²) in [7, 11) is 0. The number of hydrogen-bond donors (Lipinski definition) is 2. The maximum Gasteiger partial charge on any atom is 0.251 e. The maximum absolute atomic E-state index is 12.4. The Morgan fingerprint density at radius 2 is 2.17 bits per heavy atom. The van der Waals surface area contributed by atoms with E-state index in [1.165, 1.54) is 0 Å². The summed E-state index contributed by atoms with van der Waals surface area (Å²) in [6.45, 7) is 6.22. The average Bonchev–Trinajstić information content (AvgIpc) is 3.08. The molecule has 0 saturated carbocycles. The molecule has 1 aliphatic rings. The third-order valence-electron chi connectivity index (χ3n) is 4.22. The minimum atomic E-state index is -0.0197. The van der Waals surface area contributed by atoms with Gasteiger partial charge in [-0.25, -0.2) is 0 Å². The fourth-order valence-corrected chi connectivity index (χ4v) is 2.99. The quantitative estimate of drug-likeness (QED) is 0.886. The first kappa shape index (κ1) is 16.5. The van der Waals surface area contributed by atoms with Gasteiger partial charge >= 0.3 is 0 Å². The molecule has 1 aliphatic heterocycles. The zero-order valence-electron chi connectivity index (χ0n) is 14.1. The van der Waals surface area contributed by atoms with Crippen molar-refractivity contribution < 1.29 is 9.53 Å². The lowest BCUT2D eigenvalue weighted by Gasteiger charge is -2.16. The van der Waals surface area contributed by atoms with Crippen molar-refractivity contribution in [2.24, 2.45) is 0 Å². The molecule has 2 heterocycles. The van der Waals surface area contributed by atoms with Crippen LogP contribution in [0.1, 0.15) is 33.5 Å². The number of aryl methyl sites for hydroxylation is 2. The largest absolute Gasteiger partial charge is 0.488 e. The highest BCUT2D eigenvalue weighted by molar-refractivity contribution is 5.95. The number of hydrogen-bond acceptors (Lipinski definition) is 4. The molecule has 126 valence electrons. The Kier molecular flexibility index (Phi) is 5.11. The number of ether oxygens (including phenoxy) is 1. The van der Waals surface area contributed by atoms with Crippen molar-refractivity contribution in [2.75, 3.05) is 13.1 Å². The second-order valence-corrected chi connectivity index (χ2v) is 6.25. The van der Waals surface area contributed by atoms with Crippen LogP contribution in [-0.4, -0.2) is 30.0 Å². The molecule has 2 N–H and O–H groups in total. The first-order valence-corrected chi connectivity index (χ1v) is 8.28. The maximum atomic E-state index is 12.4. The number of amides is 1. The van der Waals surface area contributed by atoms with E-state index in [0.717, 1.165) is 42.0 Å². The molecule has 24 heavy (non-hydrogen) atoms. The summed E-state index contributed by atoms with van der Waals surface area (Å²) in [6, 6.07) is 7.88. The molecule has 1 unspecified atom stereocenters. The van der Waals surface area contributed by atoms with E-state index in [2.05, 4.69) is 15.6 Å². The summed E-state index contributed by atoms with van der Waals surface area (Å²) in [4.78, 5) is 16.5. The molecule has 5 nitrogen and oxygen atoms in total. The van der Waals surface area contributed by atoms with E-state index in [4.69, 9.17) is 4.74 Å². The van der Waals surface area contributed by atoms with Gasteiger partial charge in [0.2, 0.25) is 0 Å². The second kappa shape index (κ2) is 7.45. The van der Waals surface area contributed by atoms with Gasteiger partial charge < -0.3 is 15.4 Å². The molecule has 2 aromatic rings. The molecule has 1 amide bonds. The summed E-state index contributed by atoms with van der Waals surface area (Å²) in [5, 5.41) is 6.33. The van der Waals surface area contributed by atoms with Crippen molar-refractivity contribution in [1.82, 2.24) is 15.6 Å². The van der Waals surface area contributed by atoms with Crippen LogP contribution >= 0.6 is 0 Å². The highest BCUT2D eigenvalue weighted by Gasteiger charge is 2.18. The fraction of sp³-hybridized carbons (Fsp3) is 0.368. The number of nitrogens with zero attached hydrogens (tertiary/aromatic N) is 1. The van der Waals surface area contributed by atoms with Gasteiger partial charge in [0.15, 0.2) is 0 Å². The van der Waals surface area contributed by atoms with Gasteiger partial charge in [0, 0.05) is 36.1 Å². The standard InChI is InChI=1S/C19H23N3O2/c1-13-8-16(19(23)22-17-5-7-21-11-17)9-14(2)18(13)24-12-15-4-3-6-20-10-15/h3-4,6,8-10,17,21H,5,7,11-12H2,1-2H3,(H,22,23). The molecule has 0 bridgehead atoms. The zero-order valence-corrected chi connectivity index (χ0v) is 14.1. The number of pyridine rings is 1. The Bertz CT molecular complexity index is 687. The molecule has 1 aromatic carbocycles. The minimum absolute atomic E-state index is 0.0197. The predicted molar refractivity (Wildman–Crippen MR) is 93.2 cm³/mol. The lowest BCUT2D eigenvalue weighted by atomic mass is 10.0. The third kappa shape index (κ3) is 3.92. The van der Waals surface area contributed by atoms with Gasteiger partial charge in [0.25, 0.3) is 5.91 Å². The van der Waals surface area contributed by atoms with Gasteiger partial charge in [-0.1, -0.05) is 6.07 Å². The van der Waals surface area contributed by atoms with Gasteiger partial charge in [0.05, 0.1) is 0 Å². The summed E-state index contributed by atoms with van der Waals surface area (Å²) >= 11 is 0. The molecule has 1 aromatic heterocycles. The summed E-state index contributed by atoms with van der Waals surface area (Å²) in [6.07, 6.45) is 4.52. The van der Waals surface area contributed by atoms with Crippen LogP contribution in [0.15, 0.2) is 36.7 Å². The van der Waals surface area contributed by atoms with Gasteiger partial charge in [-0.15, -0.1) is 0 Å². The van der Waals surface area contributed by atoms with Gasteiger partial charge in [-0.2, -0.15) is 0 Å². The number of rotatable bonds is 5. The normalized spacial score (nSPS) is 16.8. The van der Waals surface area contributed by atoms with Crippen molar-refractivity contribution >= 4 is 5.91 Å². The molecular weight excluding hydrogens is 302 g/mol. The highest BCUT2D eigenvalue weighted by atomic mass is 16.5. The molecule has 1 saturated heterocycles. The van der Waals surface area contributed by atoms with E-state index in [1.807, 2.05) is 38.1 Å². The third-order valence-corrected chi connectivity index (χ3v) is 4.22. The van der Waals surface area contributed by atoms with E-state index in [0.29, 0.717) is 12.2 Å². The summed E-state index contributed by atoms with van der Waals surface area (Å²) < 4.78 is 5.94. The Morgan fingerprint density at radius 3 is 2.79 bits per heavy atom. The molecule has 0 radical (unpaired) electrons. The van der Waals surface area contributed by atoms with Crippen molar-refractivity contribution in [3.05, 3.63) is 58.9 Å². The number of nitrogens with one attached hydrogen (secondary N) is 2. The first-order valence-electron chi connectivity index (χ1n) is 8.28. The monoisotopic (exact) mass is 325 g/mol. The summed E-state index contributed by atoms with van der Waals surface area (Å²) in [5.74, 6) is 0.812. The van der Waals surface area contributed by atoms with E-state index in [-0.39, 0.29) is 11.9 Å². The Morgan fingerprint density at radius 1 is 1.38 bits per heavy atom. The van der Waals surface area contributed by atoms with E-state index >= 15 is 0 Å². The van der Waals surface area contributed by atoms with Crippen LogP contribution in [0.4, 0.5) is 0 Å². The smallest absolute Gasteiger partial charge is 0.251 e. The lowest BCUT2D eigenvalue weighted by Crippen LogP contribution is -2.36. The summed E-state index contributed by atoms with van der Waals surface area (Å²) in [5.41, 5.74) is 3.64. The molecule has 1 atom stereocenters. The Balaban J connectivity index is 1.69. The second-order valence-electron chi connectivity index (χ2n) is 6.25. The molecule has 0 spiro atoms. The van der Waals surface area contributed by atoms with Gasteiger partial charge in [0.1, 0.15) is 12.4 Å². The van der Waals surface area contributed by atoms with Crippen LogP contribution < -0.4 is 15.4 Å². The Labute approximate surface area is 142 Å². The molecule has 5 heteroatoms. The lowest BCUT2D eigenvalue weighted by molar-refractivity contribution is 0.0940. The average molecular weight is 325 g/mol. The van der Waals surface area contributed by atoms with Crippen LogP contribution in [-0.2, 0) is 6.61 Å².